The third-order valence-corrected chi connectivity index (χ3v) is 3.74. The summed E-state index contributed by atoms with van der Waals surface area (Å²) in [6, 6.07) is 5.62. The second-order valence-corrected chi connectivity index (χ2v) is 5.03. The van der Waals surface area contributed by atoms with Crippen LogP contribution < -0.4 is 0 Å². The van der Waals surface area contributed by atoms with Gasteiger partial charge in [0.15, 0.2) is 0 Å². The molecule has 0 N–H and O–H groups in total. The fourth-order valence-corrected chi connectivity index (χ4v) is 2.54. The number of hydrogen-bond donors (Lipinski definition) is 0. The molecule has 0 aromatic carbocycles. The Morgan fingerprint density at radius 3 is 2.83 bits per heavy atom. The van der Waals surface area contributed by atoms with Crippen molar-refractivity contribution >= 4 is 22.9 Å². The Morgan fingerprint density at radius 1 is 1.28 bits per heavy atom. The molecule has 4 nitrogen and oxygen atoms in total. The van der Waals surface area contributed by atoms with Gasteiger partial charge in [-0.3, -0.25) is 4.98 Å². The average molecular weight is 278 g/mol. The Kier molecular flexibility index (Phi) is 2.85. The summed E-state index contributed by atoms with van der Waals surface area (Å²) in [7, 11) is 0. The van der Waals surface area contributed by atoms with Crippen molar-refractivity contribution in [2.45, 2.75) is 6.92 Å². The monoisotopic (exact) mass is 277 g/mol. The third kappa shape index (κ3) is 2.02. The van der Waals surface area contributed by atoms with Crippen LogP contribution in [0.5, 0.6) is 0 Å². The van der Waals surface area contributed by atoms with Crippen LogP contribution in [0.15, 0.2) is 34.3 Å². The van der Waals surface area contributed by atoms with Crippen LogP contribution in [0.25, 0.3) is 22.2 Å². The predicted octanol–water partition coefficient (Wildman–Crippen LogP) is 3.82. The van der Waals surface area contributed by atoms with Gasteiger partial charge in [-0.15, -0.1) is 11.3 Å². The molecule has 6 heteroatoms. The number of halogens is 1. The zero-order valence-corrected chi connectivity index (χ0v) is 11.0. The minimum Gasteiger partial charge on any atom is -0.333 e. The Labute approximate surface area is 112 Å². The lowest BCUT2D eigenvalue weighted by molar-refractivity contribution is 0.433. The number of hydrogen-bond acceptors (Lipinski definition) is 5. The number of pyridine rings is 1. The summed E-state index contributed by atoms with van der Waals surface area (Å²) in [4.78, 5) is 9.31. The molecule has 3 aromatic rings. The van der Waals surface area contributed by atoms with E-state index in [1.807, 2.05) is 24.4 Å². The maximum Gasteiger partial charge on any atom is 0.269 e. The number of nitrogens with zero attached hydrogens (tertiary/aromatic N) is 3. The summed E-state index contributed by atoms with van der Waals surface area (Å²) in [5.41, 5.74) is 1.77. The highest BCUT2D eigenvalue weighted by atomic mass is 35.5. The molecule has 0 radical (unpaired) electrons. The number of aryl methyl sites for hydroxylation is 1. The van der Waals surface area contributed by atoms with Crippen LogP contribution in [0.4, 0.5) is 0 Å². The Balaban J connectivity index is 1.99. The van der Waals surface area contributed by atoms with Crippen molar-refractivity contribution in [3.8, 4) is 22.2 Å². The lowest BCUT2D eigenvalue weighted by Gasteiger charge is -1.93. The molecule has 0 aliphatic heterocycles. The van der Waals surface area contributed by atoms with Crippen molar-refractivity contribution in [2.24, 2.45) is 0 Å². The van der Waals surface area contributed by atoms with Gasteiger partial charge in [-0.2, -0.15) is 4.98 Å². The molecule has 18 heavy (non-hydrogen) atoms. The molecule has 0 fully saturated rings. The van der Waals surface area contributed by atoms with Gasteiger partial charge in [-0.1, -0.05) is 16.8 Å². The molecule has 0 atom stereocenters. The summed E-state index contributed by atoms with van der Waals surface area (Å²) in [6.45, 7) is 1.93. The van der Waals surface area contributed by atoms with Crippen LogP contribution in [0.3, 0.4) is 0 Å². The summed E-state index contributed by atoms with van der Waals surface area (Å²) >= 11 is 7.49. The van der Waals surface area contributed by atoms with E-state index in [1.54, 1.807) is 12.3 Å². The zero-order valence-electron chi connectivity index (χ0n) is 9.42. The molecule has 0 spiro atoms. The van der Waals surface area contributed by atoms with Gasteiger partial charge in [0.2, 0.25) is 5.82 Å². The molecule has 3 heterocycles. The maximum absolute atomic E-state index is 6.02. The van der Waals surface area contributed by atoms with E-state index in [-0.39, 0.29) is 0 Å². The molecule has 0 amide bonds. The van der Waals surface area contributed by atoms with Crippen LogP contribution in [0.1, 0.15) is 5.69 Å². The number of aromatic nitrogens is 3. The van der Waals surface area contributed by atoms with E-state index in [0.717, 1.165) is 16.1 Å². The standard InChI is InChI=1S/C12H8ClN3OS/c1-7-2-3-8(6-14-7)11-15-12(17-16-11)10-9(13)4-5-18-10/h2-6H,1H3. The molecule has 3 rings (SSSR count). The van der Waals surface area contributed by atoms with E-state index in [1.165, 1.54) is 11.3 Å². The van der Waals surface area contributed by atoms with Crippen molar-refractivity contribution in [3.63, 3.8) is 0 Å². The average Bonchev–Trinajstić information content (AvgIpc) is 2.98. The molecule has 0 saturated carbocycles. The lowest BCUT2D eigenvalue weighted by atomic mass is 10.2. The molecule has 90 valence electrons. The first-order valence-electron chi connectivity index (χ1n) is 5.24. The van der Waals surface area contributed by atoms with Gasteiger partial charge < -0.3 is 4.52 Å². The van der Waals surface area contributed by atoms with Crippen molar-refractivity contribution in [1.29, 1.82) is 0 Å². The normalized spacial score (nSPS) is 10.8. The van der Waals surface area contributed by atoms with Crippen LogP contribution in [-0.4, -0.2) is 15.1 Å². The van der Waals surface area contributed by atoms with E-state index in [2.05, 4.69) is 15.1 Å². The molecule has 3 aromatic heterocycles. The Hall–Kier alpha value is -1.72. The first-order valence-corrected chi connectivity index (χ1v) is 6.50. The van der Waals surface area contributed by atoms with Crippen LogP contribution in [0, 0.1) is 6.92 Å². The third-order valence-electron chi connectivity index (χ3n) is 2.41. The zero-order chi connectivity index (χ0) is 12.5. The van der Waals surface area contributed by atoms with Gasteiger partial charge in [0, 0.05) is 17.5 Å². The second kappa shape index (κ2) is 4.51. The van der Waals surface area contributed by atoms with Crippen molar-refractivity contribution < 1.29 is 4.52 Å². The smallest absolute Gasteiger partial charge is 0.269 e. The number of thiophene rings is 1. The first-order chi connectivity index (χ1) is 8.74. The van der Waals surface area contributed by atoms with Crippen LogP contribution in [0.2, 0.25) is 5.02 Å². The topological polar surface area (TPSA) is 51.8 Å². The highest BCUT2D eigenvalue weighted by Gasteiger charge is 2.14. The molecule has 0 bridgehead atoms. The highest BCUT2D eigenvalue weighted by Crippen LogP contribution is 2.32. The molecule has 0 aliphatic carbocycles. The molecular formula is C12H8ClN3OS. The van der Waals surface area contributed by atoms with E-state index < -0.39 is 0 Å². The van der Waals surface area contributed by atoms with Gasteiger partial charge in [-0.05, 0) is 30.5 Å². The fourth-order valence-electron chi connectivity index (χ4n) is 1.48. The van der Waals surface area contributed by atoms with Gasteiger partial charge in [-0.25, -0.2) is 0 Å². The van der Waals surface area contributed by atoms with E-state index >= 15 is 0 Å². The highest BCUT2D eigenvalue weighted by molar-refractivity contribution is 7.14. The van der Waals surface area contributed by atoms with Crippen LogP contribution >= 0.6 is 22.9 Å². The predicted molar refractivity (Wildman–Crippen MR) is 70.6 cm³/mol. The summed E-state index contributed by atoms with van der Waals surface area (Å²) < 4.78 is 5.21. The summed E-state index contributed by atoms with van der Waals surface area (Å²) in [6.07, 6.45) is 1.72. The first kappa shape index (κ1) is 11.4. The minimum absolute atomic E-state index is 0.436. The largest absolute Gasteiger partial charge is 0.333 e. The van der Waals surface area contributed by atoms with Crippen molar-refractivity contribution in [3.05, 3.63) is 40.5 Å². The molecule has 0 aliphatic rings. The Bertz CT molecular complexity index is 675. The Morgan fingerprint density at radius 2 is 2.17 bits per heavy atom. The van der Waals surface area contributed by atoms with Gasteiger partial charge in [0.25, 0.3) is 5.89 Å². The fraction of sp³-hybridized carbons (Fsp3) is 0.0833. The number of rotatable bonds is 2. The van der Waals surface area contributed by atoms with Gasteiger partial charge in [0.05, 0.1) is 5.02 Å². The SMILES string of the molecule is Cc1ccc(-c2noc(-c3sccc3Cl)n2)cn1. The van der Waals surface area contributed by atoms with E-state index in [0.29, 0.717) is 16.7 Å². The lowest BCUT2D eigenvalue weighted by Crippen LogP contribution is -1.84. The van der Waals surface area contributed by atoms with E-state index in [4.69, 9.17) is 16.1 Å². The van der Waals surface area contributed by atoms with E-state index in [9.17, 15) is 0 Å². The van der Waals surface area contributed by atoms with Crippen LogP contribution in [-0.2, 0) is 0 Å². The molecule has 0 saturated heterocycles. The summed E-state index contributed by atoms with van der Waals surface area (Å²) in [5.74, 6) is 0.951. The molecular weight excluding hydrogens is 270 g/mol. The quantitative estimate of drug-likeness (QED) is 0.714. The molecule has 0 unspecified atom stereocenters. The van der Waals surface area contributed by atoms with Crippen molar-refractivity contribution in [2.75, 3.05) is 0 Å². The second-order valence-electron chi connectivity index (χ2n) is 3.71. The summed E-state index contributed by atoms with van der Waals surface area (Å²) in [5, 5.41) is 6.44. The van der Waals surface area contributed by atoms with Gasteiger partial charge >= 0.3 is 0 Å². The maximum atomic E-state index is 6.02. The van der Waals surface area contributed by atoms with Gasteiger partial charge in [0.1, 0.15) is 4.88 Å². The van der Waals surface area contributed by atoms with Crippen molar-refractivity contribution in [1.82, 2.24) is 15.1 Å². The minimum atomic E-state index is 0.436.